The molecule has 0 fully saturated rings. The minimum atomic E-state index is -4.63. The zero-order valence-corrected chi connectivity index (χ0v) is 16.4. The number of aromatic carboxylic acids is 1. The summed E-state index contributed by atoms with van der Waals surface area (Å²) < 4.78 is 50.1. The molecule has 3 aromatic rings. The highest BCUT2D eigenvalue weighted by molar-refractivity contribution is 6.06. The average Bonchev–Trinajstić information content (AvgIpc) is 3.03. The fourth-order valence-corrected chi connectivity index (χ4v) is 2.79. The summed E-state index contributed by atoms with van der Waals surface area (Å²) >= 11 is 0. The van der Waals surface area contributed by atoms with Gasteiger partial charge >= 0.3 is 12.1 Å². The van der Waals surface area contributed by atoms with Gasteiger partial charge in [0.05, 0.1) is 27.9 Å². The van der Waals surface area contributed by atoms with Crippen LogP contribution < -0.4 is 10.1 Å². The fourth-order valence-electron chi connectivity index (χ4n) is 2.79. The molecule has 2 aromatic carbocycles. The van der Waals surface area contributed by atoms with Crippen molar-refractivity contribution in [1.29, 1.82) is 0 Å². The highest BCUT2D eigenvalue weighted by Crippen LogP contribution is 2.34. The zero-order chi connectivity index (χ0) is 22.8. The van der Waals surface area contributed by atoms with Gasteiger partial charge in [-0.3, -0.25) is 4.79 Å². The summed E-state index contributed by atoms with van der Waals surface area (Å²) in [6.07, 6.45) is -4.63. The van der Waals surface area contributed by atoms with Gasteiger partial charge in [-0.15, -0.1) is 0 Å². The molecule has 0 aliphatic carbocycles. The van der Waals surface area contributed by atoms with Gasteiger partial charge in [0, 0.05) is 5.69 Å². The standard InChI is InChI=1S/C21H17F3N2O5/c1-11-17(12(2)31-26-11)10-30-18-9-14(21(22,23)24)6-7-16(18)19(27)25-15-5-3-4-13(8-15)20(28)29/h3-9H,10H2,1-2H3,(H,25,27)(H,28,29). The molecule has 0 atom stereocenters. The molecule has 0 saturated heterocycles. The van der Waals surface area contributed by atoms with Crippen molar-refractivity contribution >= 4 is 17.6 Å². The second-order valence-electron chi connectivity index (χ2n) is 6.64. The van der Waals surface area contributed by atoms with Crippen molar-refractivity contribution in [2.75, 3.05) is 5.32 Å². The third kappa shape index (κ3) is 5.03. The van der Waals surface area contributed by atoms with E-state index in [1.54, 1.807) is 13.8 Å². The molecule has 3 rings (SSSR count). The quantitative estimate of drug-likeness (QED) is 0.576. The maximum absolute atomic E-state index is 13.2. The molecule has 0 aliphatic heterocycles. The number of halogens is 3. The second kappa shape index (κ2) is 8.50. The van der Waals surface area contributed by atoms with E-state index in [1.807, 2.05) is 0 Å². The zero-order valence-electron chi connectivity index (χ0n) is 16.4. The SMILES string of the molecule is Cc1noc(C)c1COc1cc(C(F)(F)F)ccc1C(=O)Nc1cccc(C(=O)O)c1. The molecule has 1 heterocycles. The number of carbonyl (C=O) groups is 2. The van der Waals surface area contributed by atoms with Crippen molar-refractivity contribution < 1.29 is 37.1 Å². The first-order chi connectivity index (χ1) is 14.6. The first kappa shape index (κ1) is 21.9. The number of hydrogen-bond donors (Lipinski definition) is 2. The molecular weight excluding hydrogens is 417 g/mol. The maximum Gasteiger partial charge on any atom is 0.416 e. The van der Waals surface area contributed by atoms with Gasteiger partial charge in [-0.2, -0.15) is 13.2 Å². The van der Waals surface area contributed by atoms with E-state index in [0.29, 0.717) is 17.0 Å². The van der Waals surface area contributed by atoms with E-state index in [-0.39, 0.29) is 29.2 Å². The number of aryl methyl sites for hydroxylation is 2. The van der Waals surface area contributed by atoms with Crippen molar-refractivity contribution in [3.63, 3.8) is 0 Å². The number of carboxylic acids is 1. The highest BCUT2D eigenvalue weighted by atomic mass is 19.4. The van der Waals surface area contributed by atoms with Crippen molar-refractivity contribution in [2.24, 2.45) is 0 Å². The van der Waals surface area contributed by atoms with E-state index in [2.05, 4.69) is 10.5 Å². The topological polar surface area (TPSA) is 102 Å². The Morgan fingerprint density at radius 3 is 2.52 bits per heavy atom. The van der Waals surface area contributed by atoms with Gasteiger partial charge in [0.1, 0.15) is 18.1 Å². The number of benzene rings is 2. The average molecular weight is 434 g/mol. The Morgan fingerprint density at radius 2 is 1.90 bits per heavy atom. The summed E-state index contributed by atoms with van der Waals surface area (Å²) in [4.78, 5) is 23.8. The number of carbonyl (C=O) groups excluding carboxylic acids is 1. The molecule has 0 spiro atoms. The number of alkyl halides is 3. The van der Waals surface area contributed by atoms with E-state index in [4.69, 9.17) is 14.4 Å². The summed E-state index contributed by atoms with van der Waals surface area (Å²) in [6, 6.07) is 7.97. The number of amides is 1. The molecule has 162 valence electrons. The lowest BCUT2D eigenvalue weighted by atomic mass is 10.1. The van der Waals surface area contributed by atoms with Gasteiger partial charge in [-0.25, -0.2) is 4.79 Å². The maximum atomic E-state index is 13.2. The molecule has 10 heteroatoms. The Labute approximate surface area is 174 Å². The predicted molar refractivity (Wildman–Crippen MR) is 103 cm³/mol. The summed E-state index contributed by atoms with van der Waals surface area (Å²) in [7, 11) is 0. The van der Waals surface area contributed by atoms with Crippen LogP contribution in [-0.2, 0) is 12.8 Å². The van der Waals surface area contributed by atoms with Crippen LogP contribution >= 0.6 is 0 Å². The molecule has 0 radical (unpaired) electrons. The van der Waals surface area contributed by atoms with Crippen LogP contribution in [0.2, 0.25) is 0 Å². The number of hydrogen-bond acceptors (Lipinski definition) is 5. The third-order valence-electron chi connectivity index (χ3n) is 4.47. The third-order valence-corrected chi connectivity index (χ3v) is 4.47. The molecular formula is C21H17F3N2O5. The van der Waals surface area contributed by atoms with Crippen LogP contribution in [-0.4, -0.2) is 22.1 Å². The van der Waals surface area contributed by atoms with Gasteiger partial charge in [0.15, 0.2) is 0 Å². The Bertz CT molecular complexity index is 1120. The lowest BCUT2D eigenvalue weighted by Crippen LogP contribution is -2.15. The number of ether oxygens (including phenoxy) is 1. The van der Waals surface area contributed by atoms with Crippen molar-refractivity contribution in [2.45, 2.75) is 26.6 Å². The summed E-state index contributed by atoms with van der Waals surface area (Å²) in [5, 5.41) is 15.3. The van der Waals surface area contributed by atoms with Crippen LogP contribution in [0.1, 0.15) is 43.3 Å². The van der Waals surface area contributed by atoms with Gasteiger partial charge in [-0.05, 0) is 50.2 Å². The molecule has 0 bridgehead atoms. The van der Waals surface area contributed by atoms with Gasteiger partial charge in [0.25, 0.3) is 5.91 Å². The van der Waals surface area contributed by atoms with E-state index in [0.717, 1.165) is 18.2 Å². The van der Waals surface area contributed by atoms with Crippen LogP contribution in [0.15, 0.2) is 47.0 Å². The first-order valence-corrected chi connectivity index (χ1v) is 8.96. The number of carboxylic acid groups (broad SMARTS) is 1. The van der Waals surface area contributed by atoms with E-state index in [9.17, 15) is 22.8 Å². The van der Waals surface area contributed by atoms with Crippen LogP contribution in [0.5, 0.6) is 5.75 Å². The smallest absolute Gasteiger partial charge is 0.416 e. The summed E-state index contributed by atoms with van der Waals surface area (Å²) in [6.45, 7) is 3.13. The number of rotatable bonds is 6. The number of aromatic nitrogens is 1. The Hall–Kier alpha value is -3.82. The van der Waals surface area contributed by atoms with Gasteiger partial charge < -0.3 is 19.7 Å². The Kier molecular flexibility index (Phi) is 6.00. The lowest BCUT2D eigenvalue weighted by molar-refractivity contribution is -0.137. The van der Waals surface area contributed by atoms with Crippen molar-refractivity contribution in [3.8, 4) is 5.75 Å². The predicted octanol–water partition coefficient (Wildman–Crippen LogP) is 4.84. The lowest BCUT2D eigenvalue weighted by Gasteiger charge is -2.15. The molecule has 0 aliphatic rings. The molecule has 7 nitrogen and oxygen atoms in total. The van der Waals surface area contributed by atoms with Crippen molar-refractivity contribution in [1.82, 2.24) is 5.16 Å². The van der Waals surface area contributed by atoms with Crippen LogP contribution in [0.4, 0.5) is 18.9 Å². The van der Waals surface area contributed by atoms with Crippen LogP contribution in [0, 0.1) is 13.8 Å². The van der Waals surface area contributed by atoms with Gasteiger partial charge in [-0.1, -0.05) is 11.2 Å². The monoisotopic (exact) mass is 434 g/mol. The molecule has 2 N–H and O–H groups in total. The highest BCUT2D eigenvalue weighted by Gasteiger charge is 2.32. The second-order valence-corrected chi connectivity index (χ2v) is 6.64. The first-order valence-electron chi connectivity index (χ1n) is 8.96. The molecule has 0 unspecified atom stereocenters. The number of nitrogens with one attached hydrogen (secondary N) is 1. The van der Waals surface area contributed by atoms with Crippen molar-refractivity contribution in [3.05, 3.63) is 76.2 Å². The van der Waals surface area contributed by atoms with E-state index in [1.165, 1.54) is 24.3 Å². The van der Waals surface area contributed by atoms with E-state index >= 15 is 0 Å². The van der Waals surface area contributed by atoms with Crippen LogP contribution in [0.3, 0.4) is 0 Å². The Morgan fingerprint density at radius 1 is 1.16 bits per heavy atom. The molecule has 31 heavy (non-hydrogen) atoms. The number of nitrogens with zero attached hydrogens (tertiary/aromatic N) is 1. The van der Waals surface area contributed by atoms with Crippen LogP contribution in [0.25, 0.3) is 0 Å². The summed E-state index contributed by atoms with van der Waals surface area (Å²) in [5.41, 5.74) is 0.0478. The summed E-state index contributed by atoms with van der Waals surface area (Å²) in [5.74, 6) is -1.79. The minimum Gasteiger partial charge on any atom is -0.488 e. The molecule has 0 saturated carbocycles. The molecule has 1 aromatic heterocycles. The molecule has 1 amide bonds. The van der Waals surface area contributed by atoms with E-state index < -0.39 is 23.6 Å². The minimum absolute atomic E-state index is 0.0555. The largest absolute Gasteiger partial charge is 0.488 e. The fraction of sp³-hybridized carbons (Fsp3) is 0.190. The normalized spacial score (nSPS) is 11.3. The van der Waals surface area contributed by atoms with Gasteiger partial charge in [0.2, 0.25) is 0 Å². The number of anilines is 1. The Balaban J connectivity index is 1.91.